The zero-order valence-electron chi connectivity index (χ0n) is 15.6. The van der Waals surface area contributed by atoms with Crippen LogP contribution in [0.2, 0.25) is 0 Å². The second kappa shape index (κ2) is 7.53. The number of carbonyl (C=O) groups is 2. The molecule has 1 atom stereocenters. The van der Waals surface area contributed by atoms with Crippen molar-refractivity contribution in [1.82, 2.24) is 10.2 Å². The zero-order chi connectivity index (χ0) is 18.8. The summed E-state index contributed by atoms with van der Waals surface area (Å²) in [5.74, 6) is -0.222. The van der Waals surface area contributed by atoms with Gasteiger partial charge in [-0.2, -0.15) is 0 Å². The van der Waals surface area contributed by atoms with Crippen molar-refractivity contribution in [2.24, 2.45) is 0 Å². The Bertz CT molecular complexity index is 860. The van der Waals surface area contributed by atoms with Crippen molar-refractivity contribution in [1.29, 1.82) is 0 Å². The van der Waals surface area contributed by atoms with E-state index >= 15 is 0 Å². The summed E-state index contributed by atoms with van der Waals surface area (Å²) >= 11 is 0. The normalized spacial score (nSPS) is 18.2. The zero-order valence-corrected chi connectivity index (χ0v) is 15.6. The average Bonchev–Trinajstić information content (AvgIpc) is 3.36. The molecule has 0 radical (unpaired) electrons. The van der Waals surface area contributed by atoms with E-state index in [-0.39, 0.29) is 30.4 Å². The van der Waals surface area contributed by atoms with Gasteiger partial charge in [-0.3, -0.25) is 14.5 Å². The number of fused-ring (bicyclic) bond motifs is 1. The largest absolute Gasteiger partial charge is 0.349 e. The lowest BCUT2D eigenvalue weighted by atomic mass is 10.1. The summed E-state index contributed by atoms with van der Waals surface area (Å²) in [7, 11) is 1.98. The molecule has 2 aliphatic carbocycles. The van der Waals surface area contributed by atoms with E-state index in [4.69, 9.17) is 0 Å². The Hall–Kier alpha value is -2.66. The van der Waals surface area contributed by atoms with E-state index in [1.165, 1.54) is 11.1 Å². The highest BCUT2D eigenvalue weighted by Crippen LogP contribution is 2.34. The summed E-state index contributed by atoms with van der Waals surface area (Å²) in [5.41, 5.74) is 3.78. The first-order chi connectivity index (χ1) is 13.1. The van der Waals surface area contributed by atoms with Crippen LogP contribution in [0.1, 0.15) is 46.8 Å². The van der Waals surface area contributed by atoms with Gasteiger partial charge in [0.15, 0.2) is 0 Å². The number of likely N-dealkylation sites (N-methyl/N-ethyl adjacent to an activating group) is 1. The molecule has 4 rings (SSSR count). The van der Waals surface area contributed by atoms with Gasteiger partial charge >= 0.3 is 0 Å². The molecule has 0 aromatic heterocycles. The summed E-state index contributed by atoms with van der Waals surface area (Å²) < 4.78 is 0. The predicted octanol–water partition coefficient (Wildman–Crippen LogP) is 3.14. The average molecular weight is 363 g/mol. The molecule has 1 fully saturated rings. The Balaban J connectivity index is 1.40. The van der Waals surface area contributed by atoms with Crippen LogP contribution < -0.4 is 10.6 Å². The smallest absolute Gasteiger partial charge is 0.253 e. The Morgan fingerprint density at radius 1 is 1.04 bits per heavy atom. The molecule has 140 valence electrons. The maximum Gasteiger partial charge on any atom is 0.253 e. The van der Waals surface area contributed by atoms with Gasteiger partial charge in [0, 0.05) is 12.1 Å². The van der Waals surface area contributed by atoms with Crippen LogP contribution >= 0.6 is 0 Å². The summed E-state index contributed by atoms with van der Waals surface area (Å²) in [6.07, 6.45) is 4.16. The number of benzene rings is 2. The molecule has 2 aromatic rings. The van der Waals surface area contributed by atoms with Gasteiger partial charge in [0.25, 0.3) is 5.91 Å². The maximum atomic E-state index is 12.6. The molecule has 5 heteroatoms. The van der Waals surface area contributed by atoms with Crippen LogP contribution in [0.4, 0.5) is 5.69 Å². The van der Waals surface area contributed by atoms with Crippen LogP contribution in [0.3, 0.4) is 0 Å². The van der Waals surface area contributed by atoms with Crippen molar-refractivity contribution in [2.45, 2.75) is 37.8 Å². The second-order valence-corrected chi connectivity index (χ2v) is 7.51. The van der Waals surface area contributed by atoms with Gasteiger partial charge in [-0.1, -0.05) is 36.4 Å². The fourth-order valence-corrected chi connectivity index (χ4v) is 3.80. The standard InChI is InChI=1S/C22H25N3O2/c1-25(20-13-10-15-6-2-3-7-17(15)20)14-21(26)24-19-9-5-4-8-18(19)22(27)23-16-11-12-16/h2-9,16,20H,10-14H2,1H3,(H,23,27)(H,24,26)/t20-/m0/s1. The highest BCUT2D eigenvalue weighted by molar-refractivity contribution is 6.04. The number of nitrogens with one attached hydrogen (secondary N) is 2. The Kier molecular flexibility index (Phi) is 4.94. The van der Waals surface area contributed by atoms with E-state index < -0.39 is 0 Å². The van der Waals surface area contributed by atoms with Crippen molar-refractivity contribution >= 4 is 17.5 Å². The number of carbonyl (C=O) groups excluding carboxylic acids is 2. The number of hydrogen-bond acceptors (Lipinski definition) is 3. The number of amides is 2. The monoisotopic (exact) mass is 363 g/mol. The van der Waals surface area contributed by atoms with E-state index in [1.807, 2.05) is 19.2 Å². The van der Waals surface area contributed by atoms with Crippen molar-refractivity contribution in [3.05, 3.63) is 65.2 Å². The van der Waals surface area contributed by atoms with Gasteiger partial charge in [-0.25, -0.2) is 0 Å². The molecule has 0 unspecified atom stereocenters. The molecule has 0 saturated heterocycles. The minimum atomic E-state index is -0.119. The first-order valence-electron chi connectivity index (χ1n) is 9.59. The van der Waals surface area contributed by atoms with Gasteiger partial charge in [0.2, 0.25) is 5.91 Å². The van der Waals surface area contributed by atoms with Crippen LogP contribution in [0.15, 0.2) is 48.5 Å². The number of hydrogen-bond donors (Lipinski definition) is 2. The van der Waals surface area contributed by atoms with Gasteiger partial charge < -0.3 is 10.6 Å². The minimum absolute atomic E-state index is 0.103. The third-order valence-corrected chi connectivity index (χ3v) is 5.38. The number of rotatable bonds is 6. The first kappa shape index (κ1) is 17.7. The third-order valence-electron chi connectivity index (χ3n) is 5.38. The Labute approximate surface area is 159 Å². The molecule has 5 nitrogen and oxygen atoms in total. The van der Waals surface area contributed by atoms with Gasteiger partial charge in [-0.05, 0) is 56.0 Å². The van der Waals surface area contributed by atoms with Crippen LogP contribution in [0, 0.1) is 0 Å². The fraction of sp³-hybridized carbons (Fsp3) is 0.364. The van der Waals surface area contributed by atoms with E-state index in [0.29, 0.717) is 11.3 Å². The summed E-state index contributed by atoms with van der Waals surface area (Å²) in [6, 6.07) is 16.2. The lowest BCUT2D eigenvalue weighted by Crippen LogP contribution is -2.33. The van der Waals surface area contributed by atoms with Gasteiger partial charge in [0.1, 0.15) is 0 Å². The van der Waals surface area contributed by atoms with E-state index in [2.05, 4.69) is 39.8 Å². The molecule has 0 bridgehead atoms. The topological polar surface area (TPSA) is 61.4 Å². The molecule has 2 aromatic carbocycles. The maximum absolute atomic E-state index is 12.6. The number of para-hydroxylation sites is 1. The van der Waals surface area contributed by atoms with E-state index in [9.17, 15) is 9.59 Å². The lowest BCUT2D eigenvalue weighted by Gasteiger charge is -2.24. The van der Waals surface area contributed by atoms with Crippen LogP contribution in [-0.4, -0.2) is 36.3 Å². The molecule has 0 spiro atoms. The van der Waals surface area contributed by atoms with Crippen molar-refractivity contribution in [3.8, 4) is 0 Å². The summed E-state index contributed by atoms with van der Waals surface area (Å²) in [5, 5.41) is 5.90. The van der Waals surface area contributed by atoms with E-state index in [1.54, 1.807) is 12.1 Å². The molecule has 0 heterocycles. The van der Waals surface area contributed by atoms with Crippen LogP contribution in [0.5, 0.6) is 0 Å². The minimum Gasteiger partial charge on any atom is -0.349 e. The number of aryl methyl sites for hydroxylation is 1. The van der Waals surface area contributed by atoms with Gasteiger partial charge in [0.05, 0.1) is 17.8 Å². The molecular formula is C22H25N3O2. The van der Waals surface area contributed by atoms with E-state index in [0.717, 1.165) is 25.7 Å². The number of nitrogens with zero attached hydrogens (tertiary/aromatic N) is 1. The molecule has 0 aliphatic heterocycles. The molecule has 2 aliphatic rings. The summed E-state index contributed by atoms with van der Waals surface area (Å²) in [6.45, 7) is 0.289. The fourth-order valence-electron chi connectivity index (χ4n) is 3.80. The van der Waals surface area contributed by atoms with Crippen molar-refractivity contribution in [2.75, 3.05) is 18.9 Å². The molecule has 2 amide bonds. The number of anilines is 1. The highest BCUT2D eigenvalue weighted by Gasteiger charge is 2.27. The van der Waals surface area contributed by atoms with Gasteiger partial charge in [-0.15, -0.1) is 0 Å². The first-order valence-corrected chi connectivity index (χ1v) is 9.59. The Morgan fingerprint density at radius 2 is 1.78 bits per heavy atom. The van der Waals surface area contributed by atoms with Crippen LogP contribution in [0.25, 0.3) is 0 Å². The third kappa shape index (κ3) is 4.03. The molecule has 2 N–H and O–H groups in total. The quantitative estimate of drug-likeness (QED) is 0.829. The van der Waals surface area contributed by atoms with Crippen molar-refractivity contribution < 1.29 is 9.59 Å². The highest BCUT2D eigenvalue weighted by atomic mass is 16.2. The SMILES string of the molecule is CN(CC(=O)Nc1ccccc1C(=O)NC1CC1)[C@H]1CCc2ccccc21. The Morgan fingerprint density at radius 3 is 2.59 bits per heavy atom. The molecular weight excluding hydrogens is 338 g/mol. The molecule has 1 saturated carbocycles. The second-order valence-electron chi connectivity index (χ2n) is 7.51. The van der Waals surface area contributed by atoms with Crippen molar-refractivity contribution in [3.63, 3.8) is 0 Å². The summed E-state index contributed by atoms with van der Waals surface area (Å²) in [4.78, 5) is 27.1. The lowest BCUT2D eigenvalue weighted by molar-refractivity contribution is -0.117. The van der Waals surface area contributed by atoms with Crippen LogP contribution in [-0.2, 0) is 11.2 Å². The molecule has 27 heavy (non-hydrogen) atoms. The predicted molar refractivity (Wildman–Crippen MR) is 106 cm³/mol.